The summed E-state index contributed by atoms with van der Waals surface area (Å²) >= 11 is 3.19. The molecule has 0 saturated carbocycles. The fraction of sp³-hybridized carbons (Fsp3) is 0.250. The molecule has 78 valence electrons. The maximum Gasteiger partial charge on any atom is 0.275 e. The zero-order valence-corrected chi connectivity index (χ0v) is 9.89. The maximum atomic E-state index is 10.6. The number of benzene rings is 1. The molecule has 1 N–H and O–H groups in total. The van der Waals surface area contributed by atoms with Crippen LogP contribution in [0.15, 0.2) is 22.7 Å². The second-order valence-corrected chi connectivity index (χ2v) is 3.48. The molecule has 0 spiro atoms. The lowest BCUT2D eigenvalue weighted by atomic mass is 10.2. The van der Waals surface area contributed by atoms with Crippen molar-refractivity contribution in [2.45, 2.75) is 6.54 Å². The lowest BCUT2D eigenvalue weighted by molar-refractivity contribution is -0.385. The summed E-state index contributed by atoms with van der Waals surface area (Å²) in [6, 6.07) is 5.03. The Morgan fingerprint density at radius 3 is 2.71 bits per heavy atom. The molecule has 0 saturated heterocycles. The van der Waals surface area contributed by atoms with Crippen LogP contribution in [0.1, 0.15) is 5.56 Å². The topological polar surface area (TPSA) is 55.2 Å². The van der Waals surface area contributed by atoms with E-state index in [9.17, 15) is 10.1 Å². The van der Waals surface area contributed by atoms with E-state index in [4.69, 9.17) is 0 Å². The number of rotatable bonds is 3. The summed E-state index contributed by atoms with van der Waals surface area (Å²) in [5.41, 5.74) is 0.833. The molecular weight excluding hydrogens is 271 g/mol. The predicted octanol–water partition coefficient (Wildman–Crippen LogP) is 2.50. The van der Waals surface area contributed by atoms with Gasteiger partial charge in [-0.1, -0.05) is 15.9 Å². The second kappa shape index (κ2) is 5.95. The third-order valence-electron chi connectivity index (χ3n) is 1.61. The fourth-order valence-corrected chi connectivity index (χ4v) is 1.40. The van der Waals surface area contributed by atoms with Gasteiger partial charge in [-0.3, -0.25) is 10.1 Å². The highest BCUT2D eigenvalue weighted by atomic mass is 79.9. The molecule has 0 radical (unpaired) electrons. The highest BCUT2D eigenvalue weighted by molar-refractivity contribution is 9.10. The molecule has 0 aromatic heterocycles. The first-order valence-electron chi connectivity index (χ1n) is 3.72. The molecule has 0 atom stereocenters. The van der Waals surface area contributed by atoms with Gasteiger partial charge in [0.1, 0.15) is 0 Å². The Hall–Kier alpha value is -0.650. The van der Waals surface area contributed by atoms with Crippen molar-refractivity contribution in [1.29, 1.82) is 0 Å². The fourth-order valence-electron chi connectivity index (χ4n) is 1.05. The van der Waals surface area contributed by atoms with Crippen molar-refractivity contribution in [2.24, 2.45) is 0 Å². The third-order valence-corrected chi connectivity index (χ3v) is 2.10. The normalized spacial score (nSPS) is 9.29. The summed E-state index contributed by atoms with van der Waals surface area (Å²) in [6.45, 7) is 0.504. The number of hydrogen-bond acceptors (Lipinski definition) is 3. The van der Waals surface area contributed by atoms with Gasteiger partial charge in [0.2, 0.25) is 0 Å². The van der Waals surface area contributed by atoms with Gasteiger partial charge >= 0.3 is 0 Å². The van der Waals surface area contributed by atoms with Crippen LogP contribution in [0, 0.1) is 10.1 Å². The molecule has 1 aromatic carbocycles. The average Bonchev–Trinajstić information content (AvgIpc) is 2.08. The van der Waals surface area contributed by atoms with E-state index in [-0.39, 0.29) is 23.0 Å². The highest BCUT2D eigenvalue weighted by Crippen LogP contribution is 2.23. The number of halogens is 2. The van der Waals surface area contributed by atoms with E-state index in [0.29, 0.717) is 12.1 Å². The Labute approximate surface area is 96.4 Å². The van der Waals surface area contributed by atoms with Gasteiger partial charge in [-0.2, -0.15) is 0 Å². The number of nitrogens with zero attached hydrogens (tertiary/aromatic N) is 1. The Kier molecular flexibility index (Phi) is 5.68. The van der Waals surface area contributed by atoms with E-state index in [1.807, 2.05) is 0 Å². The first kappa shape index (κ1) is 13.4. The Bertz CT molecular complexity index is 333. The smallest absolute Gasteiger partial charge is 0.275 e. The minimum atomic E-state index is -0.378. The molecule has 6 heteroatoms. The number of hydrogen-bond donors (Lipinski definition) is 1. The van der Waals surface area contributed by atoms with Gasteiger partial charge in [0.15, 0.2) is 0 Å². The second-order valence-electron chi connectivity index (χ2n) is 2.56. The summed E-state index contributed by atoms with van der Waals surface area (Å²) < 4.78 is 0.721. The van der Waals surface area contributed by atoms with E-state index in [1.54, 1.807) is 19.2 Å². The molecule has 1 aromatic rings. The van der Waals surface area contributed by atoms with Crippen LogP contribution in [0.25, 0.3) is 0 Å². The van der Waals surface area contributed by atoms with Crippen LogP contribution in [0.3, 0.4) is 0 Å². The molecule has 0 amide bonds. The summed E-state index contributed by atoms with van der Waals surface area (Å²) in [4.78, 5) is 10.2. The molecule has 0 unspecified atom stereocenters. The molecular formula is C8H10BrClN2O2. The number of nitro benzene ring substituents is 1. The summed E-state index contributed by atoms with van der Waals surface area (Å²) in [5.74, 6) is 0. The number of nitrogens with one attached hydrogen (secondary N) is 1. The molecule has 0 aliphatic heterocycles. The van der Waals surface area contributed by atoms with Crippen LogP contribution in [-0.4, -0.2) is 12.0 Å². The maximum absolute atomic E-state index is 10.6. The Morgan fingerprint density at radius 1 is 1.57 bits per heavy atom. The lowest BCUT2D eigenvalue weighted by Gasteiger charge is -2.01. The predicted molar refractivity (Wildman–Crippen MR) is 60.8 cm³/mol. The monoisotopic (exact) mass is 280 g/mol. The van der Waals surface area contributed by atoms with Crippen molar-refractivity contribution in [3.05, 3.63) is 38.3 Å². The minimum absolute atomic E-state index is 0. The SMILES string of the molecule is CNCc1ccc(Br)cc1[N+](=O)[O-].Cl. The molecule has 0 aliphatic carbocycles. The van der Waals surface area contributed by atoms with Gasteiger partial charge in [-0.15, -0.1) is 12.4 Å². The van der Waals surface area contributed by atoms with Crippen LogP contribution in [0.2, 0.25) is 0 Å². The van der Waals surface area contributed by atoms with Crippen molar-refractivity contribution < 1.29 is 4.92 Å². The summed E-state index contributed by atoms with van der Waals surface area (Å²) in [5, 5.41) is 13.5. The molecule has 0 heterocycles. The zero-order chi connectivity index (χ0) is 9.84. The molecule has 0 aliphatic rings. The Balaban J connectivity index is 0.00000169. The van der Waals surface area contributed by atoms with Gasteiger partial charge in [0.05, 0.1) is 4.92 Å². The highest BCUT2D eigenvalue weighted by Gasteiger charge is 2.12. The Morgan fingerprint density at radius 2 is 2.21 bits per heavy atom. The van der Waals surface area contributed by atoms with Crippen LogP contribution >= 0.6 is 28.3 Å². The van der Waals surface area contributed by atoms with E-state index >= 15 is 0 Å². The number of nitro groups is 1. The molecule has 1 rings (SSSR count). The largest absolute Gasteiger partial charge is 0.315 e. The quantitative estimate of drug-likeness (QED) is 0.684. The van der Waals surface area contributed by atoms with Crippen LogP contribution in [-0.2, 0) is 6.54 Å². The van der Waals surface area contributed by atoms with Crippen molar-refractivity contribution in [3.63, 3.8) is 0 Å². The van der Waals surface area contributed by atoms with Crippen LogP contribution < -0.4 is 5.32 Å². The molecule has 0 fully saturated rings. The van der Waals surface area contributed by atoms with Crippen molar-refractivity contribution >= 4 is 34.0 Å². The van der Waals surface area contributed by atoms with E-state index < -0.39 is 0 Å². The van der Waals surface area contributed by atoms with Gasteiger partial charge < -0.3 is 5.32 Å². The van der Waals surface area contributed by atoms with Gasteiger partial charge in [-0.25, -0.2) is 0 Å². The van der Waals surface area contributed by atoms with Gasteiger partial charge in [-0.05, 0) is 19.2 Å². The average molecular weight is 282 g/mol. The van der Waals surface area contributed by atoms with Crippen LogP contribution in [0.4, 0.5) is 5.69 Å². The first-order valence-corrected chi connectivity index (χ1v) is 4.52. The first-order chi connectivity index (χ1) is 6.15. The van der Waals surface area contributed by atoms with Crippen LogP contribution in [0.5, 0.6) is 0 Å². The van der Waals surface area contributed by atoms with E-state index in [2.05, 4.69) is 21.2 Å². The third kappa shape index (κ3) is 3.25. The molecule has 0 bridgehead atoms. The van der Waals surface area contributed by atoms with Crippen molar-refractivity contribution in [3.8, 4) is 0 Å². The van der Waals surface area contributed by atoms with Crippen molar-refractivity contribution in [1.82, 2.24) is 5.32 Å². The molecule has 14 heavy (non-hydrogen) atoms. The van der Waals surface area contributed by atoms with Gasteiger partial charge in [0, 0.05) is 22.6 Å². The standard InChI is InChI=1S/C8H9BrN2O2.ClH/c1-10-5-6-2-3-7(9)4-8(6)11(12)13;/h2-4,10H,5H2,1H3;1H. The summed E-state index contributed by atoms with van der Waals surface area (Å²) in [6.07, 6.45) is 0. The molecule has 4 nitrogen and oxygen atoms in total. The van der Waals surface area contributed by atoms with Gasteiger partial charge in [0.25, 0.3) is 5.69 Å². The van der Waals surface area contributed by atoms with E-state index in [1.165, 1.54) is 6.07 Å². The van der Waals surface area contributed by atoms with Crippen molar-refractivity contribution in [2.75, 3.05) is 7.05 Å². The van der Waals surface area contributed by atoms with E-state index in [0.717, 1.165) is 4.47 Å². The zero-order valence-electron chi connectivity index (χ0n) is 7.49. The minimum Gasteiger partial charge on any atom is -0.315 e. The summed E-state index contributed by atoms with van der Waals surface area (Å²) in [7, 11) is 1.76. The lowest BCUT2D eigenvalue weighted by Crippen LogP contribution is -2.07.